The zero-order valence-corrected chi connectivity index (χ0v) is 14.8. The van der Waals surface area contributed by atoms with Gasteiger partial charge in [-0.1, -0.05) is 11.3 Å². The van der Waals surface area contributed by atoms with Crippen LogP contribution in [-0.2, 0) is 7.05 Å². The van der Waals surface area contributed by atoms with Crippen molar-refractivity contribution in [2.45, 2.75) is 0 Å². The van der Waals surface area contributed by atoms with E-state index >= 15 is 0 Å². The number of anilines is 1. The van der Waals surface area contributed by atoms with E-state index in [1.807, 2.05) is 6.07 Å². The first kappa shape index (κ1) is 15.8. The maximum absolute atomic E-state index is 12.5. The average molecular weight is 393 g/mol. The molecule has 5 nitrogen and oxygen atoms in total. The molecule has 23 heavy (non-hydrogen) atoms. The summed E-state index contributed by atoms with van der Waals surface area (Å²) in [6, 6.07) is 10.6. The van der Waals surface area contributed by atoms with E-state index in [-0.39, 0.29) is 10.8 Å². The van der Waals surface area contributed by atoms with Crippen molar-refractivity contribution in [1.29, 1.82) is 0 Å². The standard InChI is InChI=1S/C16H13BrN2O3S/c1-19-13-6-3-9(7-14(13)23-16(19)21)18-15(20)11-8-10(22-2)4-5-12(11)17/h3-8H,1-2H3,(H,18,20). The number of carbonyl (C=O) groups excluding carboxylic acids is 1. The number of amides is 1. The second kappa shape index (κ2) is 6.17. The maximum atomic E-state index is 12.5. The van der Waals surface area contributed by atoms with Gasteiger partial charge in [0.1, 0.15) is 5.75 Å². The molecule has 0 radical (unpaired) electrons. The second-order valence-corrected chi connectivity index (χ2v) is 6.76. The van der Waals surface area contributed by atoms with Gasteiger partial charge in [-0.2, -0.15) is 0 Å². The topological polar surface area (TPSA) is 60.3 Å². The van der Waals surface area contributed by atoms with Crippen LogP contribution < -0.4 is 14.9 Å². The fourth-order valence-electron chi connectivity index (χ4n) is 2.22. The lowest BCUT2D eigenvalue weighted by Gasteiger charge is -2.09. The van der Waals surface area contributed by atoms with Crippen LogP contribution in [0.2, 0.25) is 0 Å². The highest BCUT2D eigenvalue weighted by molar-refractivity contribution is 9.10. The Hall–Kier alpha value is -2.12. The number of fused-ring (bicyclic) bond motifs is 1. The van der Waals surface area contributed by atoms with E-state index in [0.29, 0.717) is 21.5 Å². The molecule has 0 spiro atoms. The Bertz CT molecular complexity index is 962. The van der Waals surface area contributed by atoms with E-state index < -0.39 is 0 Å². The molecule has 0 saturated heterocycles. The molecule has 3 aromatic rings. The zero-order chi connectivity index (χ0) is 16.6. The summed E-state index contributed by atoms with van der Waals surface area (Å²) >= 11 is 4.52. The number of hydrogen-bond donors (Lipinski definition) is 1. The summed E-state index contributed by atoms with van der Waals surface area (Å²) in [6.07, 6.45) is 0. The number of rotatable bonds is 3. The third-order valence-corrected chi connectivity index (χ3v) is 5.16. The van der Waals surface area contributed by atoms with Gasteiger partial charge in [0.25, 0.3) is 5.91 Å². The van der Waals surface area contributed by atoms with Crippen molar-refractivity contribution in [2.75, 3.05) is 12.4 Å². The summed E-state index contributed by atoms with van der Waals surface area (Å²) in [5.74, 6) is 0.355. The average Bonchev–Trinajstić information content (AvgIpc) is 2.82. The number of aryl methyl sites for hydroxylation is 1. The largest absolute Gasteiger partial charge is 0.497 e. The molecule has 1 heterocycles. The number of thiazole rings is 1. The lowest BCUT2D eigenvalue weighted by atomic mass is 10.2. The molecule has 118 valence electrons. The van der Waals surface area contributed by atoms with Crippen molar-refractivity contribution in [3.05, 3.63) is 56.1 Å². The van der Waals surface area contributed by atoms with Gasteiger partial charge in [0.2, 0.25) is 0 Å². The van der Waals surface area contributed by atoms with Gasteiger partial charge in [-0.05, 0) is 52.3 Å². The van der Waals surface area contributed by atoms with Gasteiger partial charge >= 0.3 is 4.87 Å². The van der Waals surface area contributed by atoms with Crippen LogP contribution in [0.25, 0.3) is 10.2 Å². The molecular weight excluding hydrogens is 380 g/mol. The van der Waals surface area contributed by atoms with Crippen molar-refractivity contribution in [3.63, 3.8) is 0 Å². The third kappa shape index (κ3) is 3.02. The van der Waals surface area contributed by atoms with E-state index in [1.165, 1.54) is 0 Å². The SMILES string of the molecule is COc1ccc(Br)c(C(=O)Nc2ccc3c(c2)sc(=O)n3C)c1. The number of benzene rings is 2. The minimum absolute atomic E-state index is 0.0287. The maximum Gasteiger partial charge on any atom is 0.307 e. The number of nitrogens with zero attached hydrogens (tertiary/aromatic N) is 1. The van der Waals surface area contributed by atoms with Crippen LogP contribution in [0.3, 0.4) is 0 Å². The molecule has 0 fully saturated rings. The van der Waals surface area contributed by atoms with Crippen molar-refractivity contribution in [3.8, 4) is 5.75 Å². The van der Waals surface area contributed by atoms with Gasteiger partial charge in [0, 0.05) is 17.2 Å². The number of carbonyl (C=O) groups is 1. The Morgan fingerprint density at radius 3 is 2.78 bits per heavy atom. The van der Waals surface area contributed by atoms with Gasteiger partial charge in [-0.25, -0.2) is 0 Å². The van der Waals surface area contributed by atoms with Crippen LogP contribution in [0.1, 0.15) is 10.4 Å². The molecule has 0 saturated carbocycles. The third-order valence-electron chi connectivity index (χ3n) is 3.47. The summed E-state index contributed by atoms with van der Waals surface area (Å²) in [5.41, 5.74) is 1.96. The van der Waals surface area contributed by atoms with Crippen LogP contribution in [0.15, 0.2) is 45.7 Å². The van der Waals surface area contributed by atoms with Crippen LogP contribution >= 0.6 is 27.3 Å². The molecule has 1 aromatic heterocycles. The molecular formula is C16H13BrN2O3S. The van der Waals surface area contributed by atoms with Crippen LogP contribution in [0.4, 0.5) is 5.69 Å². The van der Waals surface area contributed by atoms with Crippen molar-refractivity contribution >= 4 is 49.1 Å². The minimum Gasteiger partial charge on any atom is -0.497 e. The molecule has 0 bridgehead atoms. The molecule has 0 aliphatic carbocycles. The summed E-state index contributed by atoms with van der Waals surface area (Å²) in [7, 11) is 3.28. The molecule has 1 amide bonds. The molecule has 0 aliphatic heterocycles. The molecule has 1 N–H and O–H groups in total. The highest BCUT2D eigenvalue weighted by Gasteiger charge is 2.13. The van der Waals surface area contributed by atoms with E-state index in [2.05, 4.69) is 21.2 Å². The highest BCUT2D eigenvalue weighted by Crippen LogP contribution is 2.25. The first-order valence-corrected chi connectivity index (χ1v) is 8.35. The van der Waals surface area contributed by atoms with Crippen LogP contribution in [0.5, 0.6) is 5.75 Å². The first-order valence-electron chi connectivity index (χ1n) is 6.74. The van der Waals surface area contributed by atoms with Crippen molar-refractivity contribution in [2.24, 2.45) is 7.05 Å². The van der Waals surface area contributed by atoms with Gasteiger partial charge < -0.3 is 14.6 Å². The molecule has 0 unspecified atom stereocenters. The van der Waals surface area contributed by atoms with E-state index in [9.17, 15) is 9.59 Å². The predicted octanol–water partition coefficient (Wildman–Crippen LogP) is 3.62. The Balaban J connectivity index is 1.92. The van der Waals surface area contributed by atoms with Crippen LogP contribution in [0, 0.1) is 0 Å². The predicted molar refractivity (Wildman–Crippen MR) is 95.7 cm³/mol. The highest BCUT2D eigenvalue weighted by atomic mass is 79.9. The number of ether oxygens (including phenoxy) is 1. The van der Waals surface area contributed by atoms with E-state index in [4.69, 9.17) is 4.74 Å². The fourth-order valence-corrected chi connectivity index (χ4v) is 3.56. The summed E-state index contributed by atoms with van der Waals surface area (Å²) in [6.45, 7) is 0. The van der Waals surface area contributed by atoms with Gasteiger partial charge in [0.15, 0.2) is 0 Å². The molecule has 2 aromatic carbocycles. The molecule has 7 heteroatoms. The van der Waals surface area contributed by atoms with Gasteiger partial charge in [0.05, 0.1) is 22.9 Å². The Labute approximate surface area is 144 Å². The Morgan fingerprint density at radius 1 is 1.26 bits per heavy atom. The zero-order valence-electron chi connectivity index (χ0n) is 12.4. The first-order chi connectivity index (χ1) is 11.0. The Morgan fingerprint density at radius 2 is 2.04 bits per heavy atom. The molecule has 0 aliphatic rings. The van der Waals surface area contributed by atoms with Crippen molar-refractivity contribution in [1.82, 2.24) is 4.57 Å². The van der Waals surface area contributed by atoms with E-state index in [1.54, 1.807) is 49.1 Å². The van der Waals surface area contributed by atoms with Crippen molar-refractivity contribution < 1.29 is 9.53 Å². The summed E-state index contributed by atoms with van der Waals surface area (Å²) in [5, 5.41) is 2.84. The normalized spacial score (nSPS) is 10.7. The number of aromatic nitrogens is 1. The molecule has 0 atom stereocenters. The summed E-state index contributed by atoms with van der Waals surface area (Å²) in [4.78, 5) is 24.1. The second-order valence-electron chi connectivity index (χ2n) is 4.91. The minimum atomic E-state index is -0.251. The number of nitrogens with one attached hydrogen (secondary N) is 1. The molecule has 3 rings (SSSR count). The monoisotopic (exact) mass is 392 g/mol. The summed E-state index contributed by atoms with van der Waals surface area (Å²) < 4.78 is 8.25. The van der Waals surface area contributed by atoms with Gasteiger partial charge in [-0.3, -0.25) is 9.59 Å². The van der Waals surface area contributed by atoms with Crippen LogP contribution in [-0.4, -0.2) is 17.6 Å². The fraction of sp³-hybridized carbons (Fsp3) is 0.125. The quantitative estimate of drug-likeness (QED) is 0.740. The number of halogens is 1. The lowest BCUT2D eigenvalue weighted by Crippen LogP contribution is -2.12. The number of hydrogen-bond acceptors (Lipinski definition) is 4. The Kier molecular flexibility index (Phi) is 4.23. The van der Waals surface area contributed by atoms with E-state index in [0.717, 1.165) is 21.6 Å². The number of methoxy groups -OCH3 is 1. The smallest absolute Gasteiger partial charge is 0.307 e. The van der Waals surface area contributed by atoms with Gasteiger partial charge in [-0.15, -0.1) is 0 Å². The lowest BCUT2D eigenvalue weighted by molar-refractivity contribution is 0.102.